The molecule has 0 bridgehead atoms. The number of carbonyl (C=O) groups is 1. The lowest BCUT2D eigenvalue weighted by molar-refractivity contribution is -0.137. The third-order valence-electron chi connectivity index (χ3n) is 4.05. The summed E-state index contributed by atoms with van der Waals surface area (Å²) in [5.74, 6) is 0.115. The highest BCUT2D eigenvalue weighted by atomic mass is 35.5. The first-order chi connectivity index (χ1) is 12.4. The molecule has 0 aliphatic rings. The van der Waals surface area contributed by atoms with Crippen LogP contribution < -0.4 is 5.32 Å². The second-order valence-corrected chi connectivity index (χ2v) is 6.14. The molecule has 0 spiro atoms. The summed E-state index contributed by atoms with van der Waals surface area (Å²) in [4.78, 5) is 12.1. The Morgan fingerprint density at radius 3 is 2.38 bits per heavy atom. The Hall–Kier alpha value is -2.53. The molecule has 0 fully saturated rings. The summed E-state index contributed by atoms with van der Waals surface area (Å²) < 4.78 is 38.2. The Morgan fingerprint density at radius 1 is 1.00 bits per heavy atom. The van der Waals surface area contributed by atoms with E-state index in [1.54, 1.807) is 18.2 Å². The van der Waals surface area contributed by atoms with Crippen LogP contribution in [0.4, 0.5) is 13.2 Å². The van der Waals surface area contributed by atoms with Crippen LogP contribution in [0.25, 0.3) is 21.9 Å². The molecule has 134 valence electrons. The van der Waals surface area contributed by atoms with E-state index in [2.05, 4.69) is 5.32 Å². The van der Waals surface area contributed by atoms with Crippen molar-refractivity contribution in [2.45, 2.75) is 6.18 Å². The summed E-state index contributed by atoms with van der Waals surface area (Å²) in [7, 11) is 0. The highest BCUT2D eigenvalue weighted by Crippen LogP contribution is 2.33. The SMILES string of the molecule is O=C(NCCCl)c1ccc2c(-c3ccc(C(F)(F)F)cc3)cccc2c1. The monoisotopic (exact) mass is 377 g/mol. The Balaban J connectivity index is 1.98. The van der Waals surface area contributed by atoms with Gasteiger partial charge in [0.15, 0.2) is 0 Å². The second kappa shape index (κ2) is 7.38. The molecule has 1 N–H and O–H groups in total. The first-order valence-electron chi connectivity index (χ1n) is 7.95. The summed E-state index contributed by atoms with van der Waals surface area (Å²) in [6.45, 7) is 0.379. The molecular formula is C20H15ClF3NO. The normalized spacial score (nSPS) is 11.5. The van der Waals surface area contributed by atoms with Crippen molar-refractivity contribution >= 4 is 28.3 Å². The second-order valence-electron chi connectivity index (χ2n) is 5.76. The van der Waals surface area contributed by atoms with Crippen LogP contribution in [0.2, 0.25) is 0 Å². The van der Waals surface area contributed by atoms with Crippen LogP contribution in [0.5, 0.6) is 0 Å². The van der Waals surface area contributed by atoms with E-state index in [0.29, 0.717) is 23.6 Å². The first-order valence-corrected chi connectivity index (χ1v) is 8.48. The topological polar surface area (TPSA) is 29.1 Å². The molecule has 26 heavy (non-hydrogen) atoms. The van der Waals surface area contributed by atoms with E-state index >= 15 is 0 Å². The molecule has 0 atom stereocenters. The van der Waals surface area contributed by atoms with E-state index in [4.69, 9.17) is 11.6 Å². The van der Waals surface area contributed by atoms with E-state index in [0.717, 1.165) is 28.5 Å². The molecule has 0 aromatic heterocycles. The number of amides is 1. The van der Waals surface area contributed by atoms with Gasteiger partial charge in [0, 0.05) is 18.0 Å². The number of carbonyl (C=O) groups excluding carboxylic acids is 1. The van der Waals surface area contributed by atoms with Crippen LogP contribution in [-0.2, 0) is 6.18 Å². The van der Waals surface area contributed by atoms with Gasteiger partial charge in [-0.3, -0.25) is 4.79 Å². The van der Waals surface area contributed by atoms with Gasteiger partial charge in [0.25, 0.3) is 5.91 Å². The highest BCUT2D eigenvalue weighted by molar-refractivity contribution is 6.18. The van der Waals surface area contributed by atoms with Crippen molar-refractivity contribution < 1.29 is 18.0 Å². The number of benzene rings is 3. The number of hydrogen-bond donors (Lipinski definition) is 1. The molecule has 3 aromatic carbocycles. The molecule has 3 aromatic rings. The molecule has 0 saturated carbocycles. The predicted octanol–water partition coefficient (Wildman–Crippen LogP) is 5.49. The smallest absolute Gasteiger partial charge is 0.351 e. The molecule has 0 radical (unpaired) electrons. The van der Waals surface area contributed by atoms with Gasteiger partial charge in [0.1, 0.15) is 0 Å². The standard InChI is InChI=1S/C20H15ClF3NO/c21-10-11-25-19(26)15-6-9-18-14(12-15)2-1-3-17(18)13-4-7-16(8-5-13)20(22,23)24/h1-9,12H,10-11H2,(H,25,26). The van der Waals surface area contributed by atoms with Crippen LogP contribution in [0.3, 0.4) is 0 Å². The van der Waals surface area contributed by atoms with Gasteiger partial charge in [-0.1, -0.05) is 36.4 Å². The van der Waals surface area contributed by atoms with Crippen molar-refractivity contribution in [3.63, 3.8) is 0 Å². The minimum Gasteiger partial charge on any atom is -0.351 e. The van der Waals surface area contributed by atoms with Gasteiger partial charge < -0.3 is 5.32 Å². The fraction of sp³-hybridized carbons (Fsp3) is 0.150. The van der Waals surface area contributed by atoms with Gasteiger partial charge in [0.05, 0.1) is 5.56 Å². The maximum atomic E-state index is 12.7. The quantitative estimate of drug-likeness (QED) is 0.598. The van der Waals surface area contributed by atoms with E-state index in [-0.39, 0.29) is 5.91 Å². The van der Waals surface area contributed by atoms with E-state index in [9.17, 15) is 18.0 Å². The van der Waals surface area contributed by atoms with Crippen LogP contribution in [0.1, 0.15) is 15.9 Å². The van der Waals surface area contributed by atoms with Crippen molar-refractivity contribution in [2.75, 3.05) is 12.4 Å². The van der Waals surface area contributed by atoms with Crippen molar-refractivity contribution in [3.05, 3.63) is 71.8 Å². The molecule has 0 heterocycles. The van der Waals surface area contributed by atoms with Crippen molar-refractivity contribution in [1.82, 2.24) is 5.32 Å². The molecule has 3 rings (SSSR count). The molecular weight excluding hydrogens is 363 g/mol. The van der Waals surface area contributed by atoms with Crippen LogP contribution in [0.15, 0.2) is 60.7 Å². The van der Waals surface area contributed by atoms with Gasteiger partial charge in [-0.2, -0.15) is 13.2 Å². The molecule has 6 heteroatoms. The first kappa shape index (κ1) is 18.3. The average molecular weight is 378 g/mol. The summed E-state index contributed by atoms with van der Waals surface area (Å²) in [5, 5.41) is 4.40. The molecule has 0 unspecified atom stereocenters. The maximum absolute atomic E-state index is 12.7. The third-order valence-corrected chi connectivity index (χ3v) is 4.23. The number of hydrogen-bond acceptors (Lipinski definition) is 1. The molecule has 0 aliphatic carbocycles. The number of fused-ring (bicyclic) bond motifs is 1. The summed E-state index contributed by atoms with van der Waals surface area (Å²) in [6.07, 6.45) is -4.36. The van der Waals surface area contributed by atoms with Gasteiger partial charge in [-0.25, -0.2) is 0 Å². The third kappa shape index (κ3) is 3.83. The number of rotatable bonds is 4. The van der Waals surface area contributed by atoms with Crippen LogP contribution in [-0.4, -0.2) is 18.3 Å². The van der Waals surface area contributed by atoms with Crippen molar-refractivity contribution in [3.8, 4) is 11.1 Å². The Kier molecular flexibility index (Phi) is 5.18. The fourth-order valence-corrected chi connectivity index (χ4v) is 2.87. The van der Waals surface area contributed by atoms with Gasteiger partial charge in [-0.05, 0) is 46.2 Å². The molecule has 0 aliphatic heterocycles. The summed E-state index contributed by atoms with van der Waals surface area (Å²) in [6, 6.07) is 15.8. The van der Waals surface area contributed by atoms with E-state index in [1.807, 2.05) is 18.2 Å². The number of halogens is 4. The van der Waals surface area contributed by atoms with Gasteiger partial charge in [0.2, 0.25) is 0 Å². The van der Waals surface area contributed by atoms with Gasteiger partial charge >= 0.3 is 6.18 Å². The Labute approximate surface area is 153 Å². The average Bonchev–Trinajstić information content (AvgIpc) is 2.64. The van der Waals surface area contributed by atoms with Crippen LogP contribution in [0, 0.1) is 0 Å². The van der Waals surface area contributed by atoms with Crippen molar-refractivity contribution in [2.24, 2.45) is 0 Å². The lowest BCUT2D eigenvalue weighted by Gasteiger charge is -2.11. The maximum Gasteiger partial charge on any atom is 0.416 e. The Morgan fingerprint density at radius 2 is 1.73 bits per heavy atom. The highest BCUT2D eigenvalue weighted by Gasteiger charge is 2.30. The Bertz CT molecular complexity index is 936. The fourth-order valence-electron chi connectivity index (χ4n) is 2.78. The van der Waals surface area contributed by atoms with Crippen molar-refractivity contribution in [1.29, 1.82) is 0 Å². The van der Waals surface area contributed by atoms with Crippen LogP contribution >= 0.6 is 11.6 Å². The number of nitrogens with one attached hydrogen (secondary N) is 1. The lowest BCUT2D eigenvalue weighted by Crippen LogP contribution is -2.25. The lowest BCUT2D eigenvalue weighted by atomic mass is 9.96. The zero-order valence-corrected chi connectivity index (χ0v) is 14.4. The minimum absolute atomic E-state index is 0.215. The van der Waals surface area contributed by atoms with E-state index in [1.165, 1.54) is 12.1 Å². The summed E-state index contributed by atoms with van der Waals surface area (Å²) in [5.41, 5.74) is 1.32. The van der Waals surface area contributed by atoms with Gasteiger partial charge in [-0.15, -0.1) is 11.6 Å². The minimum atomic E-state index is -4.36. The largest absolute Gasteiger partial charge is 0.416 e. The predicted molar refractivity (Wildman–Crippen MR) is 97.4 cm³/mol. The van der Waals surface area contributed by atoms with E-state index < -0.39 is 11.7 Å². The summed E-state index contributed by atoms with van der Waals surface area (Å²) >= 11 is 5.57. The molecule has 1 amide bonds. The zero-order chi connectivity index (χ0) is 18.7. The number of alkyl halides is 4. The molecule has 0 saturated heterocycles. The zero-order valence-electron chi connectivity index (χ0n) is 13.6. The molecule has 2 nitrogen and oxygen atoms in total.